The van der Waals surface area contributed by atoms with Crippen molar-refractivity contribution >= 4 is 23.5 Å². The van der Waals surface area contributed by atoms with Gasteiger partial charge in [-0.25, -0.2) is 0 Å². The molecule has 0 spiro atoms. The van der Waals surface area contributed by atoms with Crippen LogP contribution < -0.4 is 5.32 Å². The Labute approximate surface area is 164 Å². The number of hydrogen-bond acceptors (Lipinski definition) is 2. The fraction of sp³-hybridized carbons (Fsp3) is 0.636. The summed E-state index contributed by atoms with van der Waals surface area (Å²) in [5.41, 5.74) is -0.266. The van der Waals surface area contributed by atoms with Crippen LogP contribution in [0.5, 0.6) is 0 Å². The molecule has 3 atom stereocenters. The van der Waals surface area contributed by atoms with Crippen LogP contribution in [0.3, 0.4) is 0 Å². The van der Waals surface area contributed by atoms with Crippen molar-refractivity contribution in [2.24, 2.45) is 23.2 Å². The van der Waals surface area contributed by atoms with E-state index in [0.717, 1.165) is 50.5 Å². The van der Waals surface area contributed by atoms with Gasteiger partial charge in [0.05, 0.1) is 10.8 Å². The van der Waals surface area contributed by atoms with E-state index in [1.54, 1.807) is 0 Å². The van der Waals surface area contributed by atoms with Gasteiger partial charge in [-0.2, -0.15) is 0 Å². The van der Waals surface area contributed by atoms with Crippen molar-refractivity contribution in [3.8, 4) is 0 Å². The number of carbonyl (C=O) groups excluding carboxylic acids is 1. The van der Waals surface area contributed by atoms with E-state index < -0.39 is 16.8 Å². The summed E-state index contributed by atoms with van der Waals surface area (Å²) in [5, 5.41) is 14.1. The van der Waals surface area contributed by atoms with E-state index >= 15 is 0 Å². The zero-order chi connectivity index (χ0) is 18.8. The van der Waals surface area contributed by atoms with Crippen LogP contribution in [-0.2, 0) is 15.0 Å². The van der Waals surface area contributed by atoms with Crippen LogP contribution in [0.15, 0.2) is 24.3 Å². The minimum atomic E-state index is -0.755. The van der Waals surface area contributed by atoms with Crippen LogP contribution in [0.4, 0.5) is 0 Å². The van der Waals surface area contributed by atoms with E-state index in [4.69, 9.17) is 11.6 Å². The largest absolute Gasteiger partial charge is 0.481 e. The van der Waals surface area contributed by atoms with E-state index in [2.05, 4.69) is 5.32 Å². The minimum Gasteiger partial charge on any atom is -0.481 e. The lowest BCUT2D eigenvalue weighted by Crippen LogP contribution is -2.67. The summed E-state index contributed by atoms with van der Waals surface area (Å²) in [6.45, 7) is 0. The van der Waals surface area contributed by atoms with Gasteiger partial charge < -0.3 is 10.4 Å². The van der Waals surface area contributed by atoms with Crippen LogP contribution in [0, 0.1) is 23.2 Å². The van der Waals surface area contributed by atoms with Crippen molar-refractivity contribution in [3.05, 3.63) is 34.9 Å². The Morgan fingerprint density at radius 2 is 1.67 bits per heavy atom. The van der Waals surface area contributed by atoms with E-state index in [9.17, 15) is 14.7 Å². The second kappa shape index (κ2) is 5.97. The molecule has 5 aliphatic rings. The van der Waals surface area contributed by atoms with Crippen molar-refractivity contribution in [1.82, 2.24) is 5.32 Å². The summed E-state index contributed by atoms with van der Waals surface area (Å²) in [4.78, 5) is 25.8. The number of carbonyl (C=O) groups is 2. The Bertz CT molecular complexity index is 771. The van der Waals surface area contributed by atoms with Crippen LogP contribution in [0.1, 0.15) is 56.9 Å². The monoisotopic (exact) mass is 387 g/mol. The number of nitrogens with one attached hydrogen (secondary N) is 1. The maximum atomic E-state index is 13.5. The molecule has 5 saturated carbocycles. The average Bonchev–Trinajstić information content (AvgIpc) is 2.58. The number of halogens is 1. The molecule has 0 aromatic heterocycles. The number of carboxylic acids is 1. The highest BCUT2D eigenvalue weighted by atomic mass is 35.5. The molecule has 6 rings (SSSR count). The quantitative estimate of drug-likeness (QED) is 0.815. The molecule has 4 nitrogen and oxygen atoms in total. The SMILES string of the molecule is O=C(NC1C2CC3CC(C2)CC1(C(=O)O)C3)C1(c2ccc(Cl)cc2)CCC1. The van der Waals surface area contributed by atoms with Gasteiger partial charge in [-0.1, -0.05) is 30.2 Å². The van der Waals surface area contributed by atoms with Crippen LogP contribution in [0.2, 0.25) is 5.02 Å². The van der Waals surface area contributed by atoms with Gasteiger partial charge in [-0.3, -0.25) is 9.59 Å². The van der Waals surface area contributed by atoms with Crippen LogP contribution in [0.25, 0.3) is 0 Å². The van der Waals surface area contributed by atoms with E-state index in [1.165, 1.54) is 6.42 Å². The highest BCUT2D eigenvalue weighted by Gasteiger charge is 2.62. The topological polar surface area (TPSA) is 66.4 Å². The number of carboxylic acid groups (broad SMARTS) is 1. The number of aliphatic carboxylic acids is 1. The summed E-state index contributed by atoms with van der Waals surface area (Å²) in [6.07, 6.45) is 7.46. The van der Waals surface area contributed by atoms with E-state index in [0.29, 0.717) is 22.8 Å². The zero-order valence-corrected chi connectivity index (χ0v) is 16.2. The first kappa shape index (κ1) is 17.5. The zero-order valence-electron chi connectivity index (χ0n) is 15.4. The number of rotatable bonds is 4. The number of amides is 1. The third-order valence-electron chi connectivity index (χ3n) is 8.06. The van der Waals surface area contributed by atoms with Crippen molar-refractivity contribution in [2.75, 3.05) is 0 Å². The predicted octanol–water partition coefficient (Wildman–Crippen LogP) is 4.16. The van der Waals surface area contributed by atoms with Crippen molar-refractivity contribution in [3.63, 3.8) is 0 Å². The van der Waals surface area contributed by atoms with E-state index in [1.807, 2.05) is 24.3 Å². The highest BCUT2D eigenvalue weighted by Crippen LogP contribution is 2.60. The summed E-state index contributed by atoms with van der Waals surface area (Å²) >= 11 is 6.03. The molecule has 1 aromatic rings. The molecule has 0 saturated heterocycles. The Morgan fingerprint density at radius 1 is 1.04 bits per heavy atom. The van der Waals surface area contributed by atoms with Gasteiger partial charge in [0.1, 0.15) is 0 Å². The van der Waals surface area contributed by atoms with E-state index in [-0.39, 0.29) is 11.9 Å². The smallest absolute Gasteiger partial charge is 0.311 e. The first-order valence-corrected chi connectivity index (χ1v) is 10.6. The molecule has 0 heterocycles. The lowest BCUT2D eigenvalue weighted by atomic mass is 9.47. The van der Waals surface area contributed by atoms with Gasteiger partial charge in [0.15, 0.2) is 0 Å². The molecule has 4 bridgehead atoms. The Balaban J connectivity index is 1.44. The molecule has 0 radical (unpaired) electrons. The van der Waals surface area contributed by atoms with Crippen molar-refractivity contribution < 1.29 is 14.7 Å². The highest BCUT2D eigenvalue weighted by molar-refractivity contribution is 6.30. The second-order valence-electron chi connectivity index (χ2n) is 9.46. The molecule has 27 heavy (non-hydrogen) atoms. The van der Waals surface area contributed by atoms with Crippen LogP contribution in [-0.4, -0.2) is 23.0 Å². The van der Waals surface area contributed by atoms with Crippen LogP contribution >= 0.6 is 11.6 Å². The van der Waals surface area contributed by atoms with Gasteiger partial charge in [0, 0.05) is 11.1 Å². The predicted molar refractivity (Wildman–Crippen MR) is 103 cm³/mol. The molecule has 1 amide bonds. The Morgan fingerprint density at radius 3 is 2.19 bits per heavy atom. The fourth-order valence-electron chi connectivity index (χ4n) is 6.83. The van der Waals surface area contributed by atoms with Crippen molar-refractivity contribution in [2.45, 2.75) is 62.8 Å². The van der Waals surface area contributed by atoms with Crippen molar-refractivity contribution in [1.29, 1.82) is 0 Å². The Kier molecular flexibility index (Phi) is 3.88. The molecule has 144 valence electrons. The Hall–Kier alpha value is -1.55. The molecular formula is C22H26ClNO3. The molecule has 5 heteroatoms. The molecule has 0 aliphatic heterocycles. The minimum absolute atomic E-state index is 0.0224. The standard InChI is InChI=1S/C22H26ClNO3/c23-17-4-2-16(3-5-17)21(6-1-7-21)19(25)24-18-15-9-13-8-14(10-15)12-22(18,11-13)20(26)27/h2-5,13-15,18H,1,6-12H2,(H,24,25)(H,26,27). The summed E-state index contributed by atoms with van der Waals surface area (Å²) in [6, 6.07) is 7.35. The third kappa shape index (κ3) is 2.48. The number of benzene rings is 1. The molecule has 5 aliphatic carbocycles. The molecular weight excluding hydrogens is 362 g/mol. The van der Waals surface area contributed by atoms with Gasteiger partial charge in [0.2, 0.25) is 5.91 Å². The lowest BCUT2D eigenvalue weighted by molar-refractivity contribution is -0.172. The third-order valence-corrected chi connectivity index (χ3v) is 8.31. The molecule has 3 unspecified atom stereocenters. The molecule has 2 N–H and O–H groups in total. The normalized spacial score (nSPS) is 38.3. The first-order chi connectivity index (χ1) is 12.9. The van der Waals surface area contributed by atoms with Gasteiger partial charge in [-0.15, -0.1) is 0 Å². The molecule has 1 aromatic carbocycles. The first-order valence-electron chi connectivity index (χ1n) is 10.2. The van der Waals surface area contributed by atoms with Gasteiger partial charge >= 0.3 is 5.97 Å². The van der Waals surface area contributed by atoms with Gasteiger partial charge in [0.25, 0.3) is 0 Å². The maximum Gasteiger partial charge on any atom is 0.311 e. The average molecular weight is 388 g/mol. The summed E-state index contributed by atoms with van der Waals surface area (Å²) < 4.78 is 0. The summed E-state index contributed by atoms with van der Waals surface area (Å²) in [7, 11) is 0. The van der Waals surface area contributed by atoms with Gasteiger partial charge in [-0.05, 0) is 80.4 Å². The fourth-order valence-corrected chi connectivity index (χ4v) is 6.96. The second-order valence-corrected chi connectivity index (χ2v) is 9.90. The maximum absolute atomic E-state index is 13.5. The number of hydrogen-bond donors (Lipinski definition) is 2. The molecule has 5 fully saturated rings. The lowest BCUT2D eigenvalue weighted by Gasteiger charge is -2.59. The summed E-state index contributed by atoms with van der Waals surface area (Å²) in [5.74, 6) is 0.690.